The highest BCUT2D eigenvalue weighted by atomic mass is 35.5. The lowest BCUT2D eigenvalue weighted by Crippen LogP contribution is -2.51. The number of anilines is 1. The van der Waals surface area contributed by atoms with E-state index in [4.69, 9.17) is 11.6 Å². The largest absolute Gasteiger partial charge is 0.339 e. The van der Waals surface area contributed by atoms with Crippen LogP contribution < -0.4 is 4.31 Å². The minimum atomic E-state index is -3.92. The summed E-state index contributed by atoms with van der Waals surface area (Å²) in [5.74, 6) is -0.216. The van der Waals surface area contributed by atoms with Crippen LogP contribution >= 0.6 is 11.6 Å². The molecule has 1 saturated heterocycles. The van der Waals surface area contributed by atoms with Crippen LogP contribution in [0.3, 0.4) is 0 Å². The van der Waals surface area contributed by atoms with Crippen LogP contribution in [0.25, 0.3) is 0 Å². The van der Waals surface area contributed by atoms with Crippen molar-refractivity contribution in [1.82, 2.24) is 9.80 Å². The quantitative estimate of drug-likeness (QED) is 0.744. The summed E-state index contributed by atoms with van der Waals surface area (Å²) >= 11 is 6.23. The summed E-state index contributed by atoms with van der Waals surface area (Å²) in [5.41, 5.74) is 1.04. The molecule has 0 unspecified atom stereocenters. The molecular weight excluding hydrogens is 398 g/mol. The molecule has 2 aromatic rings. The van der Waals surface area contributed by atoms with Gasteiger partial charge in [-0.2, -0.15) is 0 Å². The fourth-order valence-electron chi connectivity index (χ4n) is 3.16. The van der Waals surface area contributed by atoms with E-state index in [2.05, 4.69) is 4.90 Å². The van der Waals surface area contributed by atoms with Gasteiger partial charge in [-0.05, 0) is 43.8 Å². The van der Waals surface area contributed by atoms with Crippen molar-refractivity contribution in [1.29, 1.82) is 0 Å². The molecule has 1 aliphatic rings. The van der Waals surface area contributed by atoms with Gasteiger partial charge >= 0.3 is 0 Å². The third-order valence-corrected chi connectivity index (χ3v) is 7.16. The molecule has 1 fully saturated rings. The number of carbonyl (C=O) groups is 1. The van der Waals surface area contributed by atoms with Crippen LogP contribution in [0.5, 0.6) is 0 Å². The van der Waals surface area contributed by atoms with Crippen molar-refractivity contribution in [3.8, 4) is 0 Å². The van der Waals surface area contributed by atoms with E-state index in [9.17, 15) is 13.2 Å². The van der Waals surface area contributed by atoms with Gasteiger partial charge in [-0.3, -0.25) is 9.10 Å². The number of nitrogens with zero attached hydrogens (tertiary/aromatic N) is 3. The van der Waals surface area contributed by atoms with Gasteiger partial charge in [0.1, 0.15) is 6.54 Å². The molecular formula is C20H24ClN3O3S. The number of hydrogen-bond acceptors (Lipinski definition) is 4. The average molecular weight is 422 g/mol. The van der Waals surface area contributed by atoms with Crippen molar-refractivity contribution in [2.75, 3.05) is 44.1 Å². The molecule has 1 amide bonds. The van der Waals surface area contributed by atoms with Gasteiger partial charge in [0, 0.05) is 31.2 Å². The highest BCUT2D eigenvalue weighted by Crippen LogP contribution is 2.31. The summed E-state index contributed by atoms with van der Waals surface area (Å²) in [6.45, 7) is 4.21. The number of sulfonamides is 1. The summed E-state index contributed by atoms with van der Waals surface area (Å²) in [4.78, 5) is 16.9. The van der Waals surface area contributed by atoms with E-state index in [1.54, 1.807) is 48.2 Å². The Morgan fingerprint density at radius 3 is 2.32 bits per heavy atom. The monoisotopic (exact) mass is 421 g/mol. The van der Waals surface area contributed by atoms with E-state index in [1.807, 2.05) is 7.05 Å². The highest BCUT2D eigenvalue weighted by Gasteiger charge is 2.30. The lowest BCUT2D eigenvalue weighted by Gasteiger charge is -2.34. The second-order valence-corrected chi connectivity index (χ2v) is 9.16. The zero-order valence-corrected chi connectivity index (χ0v) is 17.6. The third kappa shape index (κ3) is 4.32. The van der Waals surface area contributed by atoms with Crippen LogP contribution in [0, 0.1) is 6.92 Å². The van der Waals surface area contributed by atoms with Gasteiger partial charge in [0.25, 0.3) is 10.0 Å². The summed E-state index contributed by atoms with van der Waals surface area (Å²) in [6, 6.07) is 13.2. The van der Waals surface area contributed by atoms with Crippen molar-refractivity contribution < 1.29 is 13.2 Å². The smallest absolute Gasteiger partial charge is 0.264 e. The fraction of sp³-hybridized carbons (Fsp3) is 0.350. The number of carbonyl (C=O) groups excluding carboxylic acids is 1. The molecule has 0 atom stereocenters. The van der Waals surface area contributed by atoms with Gasteiger partial charge in [-0.1, -0.05) is 35.9 Å². The van der Waals surface area contributed by atoms with E-state index < -0.39 is 10.0 Å². The normalized spacial score (nSPS) is 15.5. The van der Waals surface area contributed by atoms with Crippen LogP contribution in [0.1, 0.15) is 5.56 Å². The zero-order chi connectivity index (χ0) is 20.3. The van der Waals surface area contributed by atoms with Gasteiger partial charge < -0.3 is 9.80 Å². The van der Waals surface area contributed by atoms with Crippen molar-refractivity contribution in [2.45, 2.75) is 11.8 Å². The molecule has 28 heavy (non-hydrogen) atoms. The van der Waals surface area contributed by atoms with Crippen LogP contribution in [-0.4, -0.2) is 63.9 Å². The molecule has 1 heterocycles. The van der Waals surface area contributed by atoms with Crippen LogP contribution in [0.2, 0.25) is 5.02 Å². The summed E-state index contributed by atoms with van der Waals surface area (Å²) in [7, 11) is -1.92. The average Bonchev–Trinajstić information content (AvgIpc) is 2.69. The zero-order valence-electron chi connectivity index (χ0n) is 16.0. The Morgan fingerprint density at radius 1 is 1.04 bits per heavy atom. The topological polar surface area (TPSA) is 60.9 Å². The fourth-order valence-corrected chi connectivity index (χ4v) is 4.83. The molecule has 6 nitrogen and oxygen atoms in total. The molecule has 0 aromatic heterocycles. The first kappa shape index (κ1) is 20.6. The number of piperazine rings is 1. The SMILES string of the molecule is Cc1c(Cl)cccc1N(CC(=O)N1CCN(C)CC1)S(=O)(=O)c1ccccc1. The number of benzene rings is 2. The van der Waals surface area contributed by atoms with Crippen LogP contribution in [0.15, 0.2) is 53.4 Å². The van der Waals surface area contributed by atoms with Crippen LogP contribution in [-0.2, 0) is 14.8 Å². The Hall–Kier alpha value is -2.09. The summed E-state index contributed by atoms with van der Waals surface area (Å²) in [6.07, 6.45) is 0. The standard InChI is InChI=1S/C20H24ClN3O3S/c1-16-18(21)9-6-10-19(16)24(28(26,27)17-7-4-3-5-8-17)15-20(25)23-13-11-22(2)12-14-23/h3-10H,11-15H2,1-2H3. The molecule has 0 radical (unpaired) electrons. The number of halogens is 1. The third-order valence-electron chi connectivity index (χ3n) is 4.97. The Bertz CT molecular complexity index is 942. The molecule has 0 N–H and O–H groups in total. The minimum absolute atomic E-state index is 0.139. The van der Waals surface area contributed by atoms with E-state index in [1.165, 1.54) is 16.4 Å². The number of hydrogen-bond donors (Lipinski definition) is 0. The number of likely N-dealkylation sites (N-methyl/N-ethyl adjacent to an activating group) is 1. The van der Waals surface area contributed by atoms with E-state index in [0.29, 0.717) is 29.4 Å². The van der Waals surface area contributed by atoms with Crippen LogP contribution in [0.4, 0.5) is 5.69 Å². The van der Waals surface area contributed by atoms with Gasteiger partial charge in [0.05, 0.1) is 10.6 Å². The molecule has 0 spiro atoms. The predicted octanol–water partition coefficient (Wildman–Crippen LogP) is 2.62. The second-order valence-electron chi connectivity index (χ2n) is 6.89. The molecule has 8 heteroatoms. The summed E-state index contributed by atoms with van der Waals surface area (Å²) in [5, 5.41) is 0.456. The Labute approximate surface area is 171 Å². The highest BCUT2D eigenvalue weighted by molar-refractivity contribution is 7.92. The van der Waals surface area contributed by atoms with E-state index in [-0.39, 0.29) is 17.3 Å². The molecule has 0 bridgehead atoms. The molecule has 0 aliphatic carbocycles. The Balaban J connectivity index is 1.98. The molecule has 150 valence electrons. The lowest BCUT2D eigenvalue weighted by molar-refractivity contribution is -0.131. The molecule has 1 aliphatic heterocycles. The Morgan fingerprint density at radius 2 is 1.68 bits per heavy atom. The van der Waals surface area contributed by atoms with Crippen molar-refractivity contribution >= 4 is 33.2 Å². The van der Waals surface area contributed by atoms with E-state index >= 15 is 0 Å². The lowest BCUT2D eigenvalue weighted by atomic mass is 10.2. The molecule has 0 saturated carbocycles. The predicted molar refractivity (Wildman–Crippen MR) is 111 cm³/mol. The number of rotatable bonds is 5. The minimum Gasteiger partial charge on any atom is -0.339 e. The van der Waals surface area contributed by atoms with Gasteiger partial charge in [0.15, 0.2) is 0 Å². The molecule has 2 aromatic carbocycles. The van der Waals surface area contributed by atoms with Crippen molar-refractivity contribution in [2.24, 2.45) is 0 Å². The maximum atomic E-state index is 13.4. The van der Waals surface area contributed by atoms with Gasteiger partial charge in [-0.15, -0.1) is 0 Å². The molecule has 3 rings (SSSR count). The first-order chi connectivity index (χ1) is 13.3. The van der Waals surface area contributed by atoms with Gasteiger partial charge in [0.2, 0.25) is 5.91 Å². The first-order valence-electron chi connectivity index (χ1n) is 9.10. The second kappa shape index (κ2) is 8.51. The first-order valence-corrected chi connectivity index (χ1v) is 10.9. The van der Waals surface area contributed by atoms with Gasteiger partial charge in [-0.25, -0.2) is 8.42 Å². The van der Waals surface area contributed by atoms with Crippen molar-refractivity contribution in [3.63, 3.8) is 0 Å². The van der Waals surface area contributed by atoms with Crippen molar-refractivity contribution in [3.05, 3.63) is 59.1 Å². The number of amides is 1. The Kier molecular flexibility index (Phi) is 6.27. The summed E-state index contributed by atoms with van der Waals surface area (Å²) < 4.78 is 27.9. The maximum absolute atomic E-state index is 13.4. The maximum Gasteiger partial charge on any atom is 0.264 e. The van der Waals surface area contributed by atoms with E-state index in [0.717, 1.165) is 13.1 Å².